The predicted molar refractivity (Wildman–Crippen MR) is 75.3 cm³/mol. The lowest BCUT2D eigenvalue weighted by Gasteiger charge is -2.28. The van der Waals surface area contributed by atoms with Crippen molar-refractivity contribution in [1.82, 2.24) is 5.32 Å². The highest BCUT2D eigenvalue weighted by Crippen LogP contribution is 2.21. The van der Waals surface area contributed by atoms with Gasteiger partial charge in [-0.15, -0.1) is 12.4 Å². The number of carbonyl (C=O) groups is 1. The van der Waals surface area contributed by atoms with Gasteiger partial charge in [0, 0.05) is 11.3 Å². The van der Waals surface area contributed by atoms with Gasteiger partial charge in [-0.3, -0.25) is 4.79 Å². The zero-order valence-corrected chi connectivity index (χ0v) is 12.7. The normalized spacial score (nSPS) is 13.9. The van der Waals surface area contributed by atoms with E-state index in [4.69, 9.17) is 5.73 Å². The summed E-state index contributed by atoms with van der Waals surface area (Å²) in [5.41, 5.74) is 5.66. The molecule has 16 heavy (non-hydrogen) atoms. The maximum absolute atomic E-state index is 11.7. The van der Waals surface area contributed by atoms with Crippen molar-refractivity contribution in [2.75, 3.05) is 12.8 Å². The smallest absolute Gasteiger partial charge is 0.237 e. The summed E-state index contributed by atoms with van der Waals surface area (Å²) in [5.74, 6) is -0.0652. The van der Waals surface area contributed by atoms with Gasteiger partial charge in [-0.05, 0) is 25.5 Å². The molecule has 0 saturated carbocycles. The third kappa shape index (κ3) is 6.61. The zero-order valence-electron chi connectivity index (χ0n) is 11.1. The van der Waals surface area contributed by atoms with E-state index in [-0.39, 0.29) is 28.5 Å². The van der Waals surface area contributed by atoms with Gasteiger partial charge in [0.05, 0.1) is 6.04 Å². The molecule has 0 rings (SSSR count). The summed E-state index contributed by atoms with van der Waals surface area (Å²) in [4.78, 5) is 11.7. The lowest BCUT2D eigenvalue weighted by molar-refractivity contribution is -0.124. The van der Waals surface area contributed by atoms with E-state index >= 15 is 0 Å². The second-order valence-electron chi connectivity index (χ2n) is 5.53. The molecular formula is C11H25ClN2OS. The van der Waals surface area contributed by atoms with Crippen molar-refractivity contribution in [2.24, 2.45) is 11.1 Å². The van der Waals surface area contributed by atoms with Gasteiger partial charge in [0.1, 0.15) is 0 Å². The molecule has 0 aromatic carbocycles. The molecule has 3 nitrogen and oxygen atoms in total. The van der Waals surface area contributed by atoms with E-state index in [1.165, 1.54) is 0 Å². The molecule has 98 valence electrons. The molecule has 0 spiro atoms. The maximum Gasteiger partial charge on any atom is 0.237 e. The largest absolute Gasteiger partial charge is 0.353 e. The first kappa shape index (κ1) is 18.4. The molecule has 3 N–H and O–H groups in total. The van der Waals surface area contributed by atoms with Crippen LogP contribution in [-0.2, 0) is 4.79 Å². The fourth-order valence-corrected chi connectivity index (χ4v) is 1.09. The molecule has 0 aliphatic rings. The number of carbonyl (C=O) groups excluding carboxylic acids is 1. The summed E-state index contributed by atoms with van der Waals surface area (Å²) in [5, 5.41) is 2.90. The molecular weight excluding hydrogens is 244 g/mol. The highest BCUT2D eigenvalue weighted by molar-refractivity contribution is 7.99. The van der Waals surface area contributed by atoms with Crippen LogP contribution in [0.2, 0.25) is 0 Å². The van der Waals surface area contributed by atoms with Crippen LogP contribution in [0.1, 0.15) is 34.6 Å². The van der Waals surface area contributed by atoms with Crippen LogP contribution >= 0.6 is 24.2 Å². The number of halogens is 1. The Morgan fingerprint density at radius 3 is 2.06 bits per heavy atom. The van der Waals surface area contributed by atoms with Gasteiger partial charge in [-0.2, -0.15) is 11.8 Å². The van der Waals surface area contributed by atoms with Crippen molar-refractivity contribution in [1.29, 1.82) is 0 Å². The number of thioether (sulfide) groups is 1. The predicted octanol–water partition coefficient (Wildman–Crippen LogP) is 2.04. The minimum atomic E-state index is -0.449. The molecule has 0 saturated heterocycles. The Morgan fingerprint density at radius 2 is 1.75 bits per heavy atom. The Kier molecular flexibility index (Phi) is 7.74. The number of rotatable bonds is 4. The molecule has 0 heterocycles. The minimum absolute atomic E-state index is 0. The summed E-state index contributed by atoms with van der Waals surface area (Å²) in [6, 6.07) is -0.449. The maximum atomic E-state index is 11.7. The highest BCUT2D eigenvalue weighted by Gasteiger charge is 2.28. The molecule has 0 aliphatic heterocycles. The lowest BCUT2D eigenvalue weighted by Crippen LogP contribution is -2.50. The molecule has 0 fully saturated rings. The second-order valence-corrected chi connectivity index (χ2v) is 7.04. The average molecular weight is 269 g/mol. The van der Waals surface area contributed by atoms with E-state index in [2.05, 4.69) is 19.2 Å². The number of nitrogens with two attached hydrogens (primary N) is 1. The molecule has 5 heteroatoms. The first-order chi connectivity index (χ1) is 6.60. The van der Waals surface area contributed by atoms with Gasteiger partial charge in [-0.25, -0.2) is 0 Å². The SMILES string of the molecule is CSC(C)(C)CNC(=O)[C@@H](N)C(C)(C)C.Cl. The van der Waals surface area contributed by atoms with Crippen LogP contribution in [0.15, 0.2) is 0 Å². The Balaban J connectivity index is 0. The topological polar surface area (TPSA) is 55.1 Å². The fourth-order valence-electron chi connectivity index (χ4n) is 0.875. The van der Waals surface area contributed by atoms with Crippen LogP contribution in [0, 0.1) is 5.41 Å². The fraction of sp³-hybridized carbons (Fsp3) is 0.909. The molecule has 0 aliphatic carbocycles. The van der Waals surface area contributed by atoms with Crippen molar-refractivity contribution in [3.63, 3.8) is 0 Å². The molecule has 0 radical (unpaired) electrons. The third-order valence-electron chi connectivity index (χ3n) is 2.46. The first-order valence-corrected chi connectivity index (χ1v) is 6.41. The summed E-state index contributed by atoms with van der Waals surface area (Å²) >= 11 is 1.73. The van der Waals surface area contributed by atoms with Crippen LogP contribution in [0.25, 0.3) is 0 Å². The molecule has 0 unspecified atom stereocenters. The Morgan fingerprint density at radius 1 is 1.31 bits per heavy atom. The van der Waals surface area contributed by atoms with E-state index in [1.807, 2.05) is 27.0 Å². The molecule has 0 bridgehead atoms. The van der Waals surface area contributed by atoms with Gasteiger partial charge < -0.3 is 11.1 Å². The van der Waals surface area contributed by atoms with Gasteiger partial charge >= 0.3 is 0 Å². The molecule has 0 aromatic heterocycles. The number of nitrogens with one attached hydrogen (secondary N) is 1. The molecule has 1 atom stereocenters. The van der Waals surface area contributed by atoms with Crippen molar-refractivity contribution in [3.05, 3.63) is 0 Å². The van der Waals surface area contributed by atoms with Gasteiger partial charge in [0.25, 0.3) is 0 Å². The van der Waals surface area contributed by atoms with Crippen LogP contribution < -0.4 is 11.1 Å². The lowest BCUT2D eigenvalue weighted by atomic mass is 9.87. The number of hydrogen-bond acceptors (Lipinski definition) is 3. The van der Waals surface area contributed by atoms with Crippen LogP contribution in [0.4, 0.5) is 0 Å². The number of hydrogen-bond donors (Lipinski definition) is 2. The number of amides is 1. The summed E-state index contributed by atoms with van der Waals surface area (Å²) in [6.45, 7) is 10.8. The van der Waals surface area contributed by atoms with E-state index in [9.17, 15) is 4.79 Å². The van der Waals surface area contributed by atoms with Gasteiger partial charge in [-0.1, -0.05) is 20.8 Å². The standard InChI is InChI=1S/C11H24N2OS.ClH/c1-10(2,3)8(12)9(14)13-7-11(4,5)15-6;/h8H,7,12H2,1-6H3,(H,13,14);1H/t8-;/m1./s1. The minimum Gasteiger partial charge on any atom is -0.353 e. The highest BCUT2D eigenvalue weighted by atomic mass is 35.5. The molecule has 0 aromatic rings. The van der Waals surface area contributed by atoms with Crippen LogP contribution in [0.5, 0.6) is 0 Å². The quantitative estimate of drug-likeness (QED) is 0.820. The first-order valence-electron chi connectivity index (χ1n) is 5.18. The van der Waals surface area contributed by atoms with Gasteiger partial charge in [0.15, 0.2) is 0 Å². The van der Waals surface area contributed by atoms with E-state index in [1.54, 1.807) is 11.8 Å². The summed E-state index contributed by atoms with van der Waals surface area (Å²) in [6.07, 6.45) is 2.04. The summed E-state index contributed by atoms with van der Waals surface area (Å²) in [7, 11) is 0. The van der Waals surface area contributed by atoms with E-state index in [0.29, 0.717) is 6.54 Å². The van der Waals surface area contributed by atoms with Crippen molar-refractivity contribution in [2.45, 2.75) is 45.4 Å². The molecule has 1 amide bonds. The van der Waals surface area contributed by atoms with Crippen LogP contribution in [0.3, 0.4) is 0 Å². The van der Waals surface area contributed by atoms with Crippen LogP contribution in [-0.4, -0.2) is 29.5 Å². The van der Waals surface area contributed by atoms with E-state index < -0.39 is 6.04 Å². The van der Waals surface area contributed by atoms with Crippen molar-refractivity contribution in [3.8, 4) is 0 Å². The second kappa shape index (κ2) is 6.72. The van der Waals surface area contributed by atoms with Gasteiger partial charge in [0.2, 0.25) is 5.91 Å². The Bertz CT molecular complexity index is 227. The Labute approximate surface area is 110 Å². The monoisotopic (exact) mass is 268 g/mol. The van der Waals surface area contributed by atoms with Crippen molar-refractivity contribution >= 4 is 30.1 Å². The zero-order chi connectivity index (χ0) is 12.3. The summed E-state index contributed by atoms with van der Waals surface area (Å²) < 4.78 is 0.0628. The van der Waals surface area contributed by atoms with Crippen molar-refractivity contribution < 1.29 is 4.79 Å². The Hall–Kier alpha value is 0.0700. The third-order valence-corrected chi connectivity index (χ3v) is 3.71. The average Bonchev–Trinajstić information content (AvgIpc) is 2.11. The van der Waals surface area contributed by atoms with E-state index in [0.717, 1.165) is 0 Å².